The highest BCUT2D eigenvalue weighted by Gasteiger charge is 2.01. The normalized spacial score (nSPS) is 9.88. The van der Waals surface area contributed by atoms with Crippen molar-refractivity contribution in [1.29, 1.82) is 5.26 Å². The molecule has 1 rings (SSSR count). The predicted molar refractivity (Wildman–Crippen MR) is 68.8 cm³/mol. The van der Waals surface area contributed by atoms with Gasteiger partial charge < -0.3 is 10.1 Å². The van der Waals surface area contributed by atoms with E-state index in [1.165, 1.54) is 5.56 Å². The lowest BCUT2D eigenvalue weighted by Crippen LogP contribution is -2.13. The summed E-state index contributed by atoms with van der Waals surface area (Å²) in [5, 5.41) is 11.7. The number of nitriles is 1. The van der Waals surface area contributed by atoms with Gasteiger partial charge in [0.2, 0.25) is 0 Å². The minimum atomic E-state index is 0.613. The van der Waals surface area contributed by atoms with Gasteiger partial charge in [-0.2, -0.15) is 5.26 Å². The van der Waals surface area contributed by atoms with Gasteiger partial charge in [0.25, 0.3) is 0 Å². The number of hydrogen-bond donors (Lipinski definition) is 1. The molecule has 3 nitrogen and oxygen atoms in total. The van der Waals surface area contributed by atoms with Gasteiger partial charge in [0.1, 0.15) is 5.75 Å². The van der Waals surface area contributed by atoms with E-state index in [0.29, 0.717) is 13.0 Å². The van der Waals surface area contributed by atoms with E-state index in [1.807, 2.05) is 18.2 Å². The van der Waals surface area contributed by atoms with E-state index in [0.717, 1.165) is 31.7 Å². The van der Waals surface area contributed by atoms with E-state index in [1.54, 1.807) is 0 Å². The van der Waals surface area contributed by atoms with E-state index < -0.39 is 0 Å². The van der Waals surface area contributed by atoms with Crippen molar-refractivity contribution >= 4 is 0 Å². The molecule has 17 heavy (non-hydrogen) atoms. The van der Waals surface area contributed by atoms with Crippen LogP contribution in [0.2, 0.25) is 0 Å². The average molecular weight is 232 g/mol. The molecule has 0 atom stereocenters. The van der Waals surface area contributed by atoms with E-state index in [4.69, 9.17) is 10.00 Å². The first-order valence-electron chi connectivity index (χ1n) is 6.17. The van der Waals surface area contributed by atoms with Crippen LogP contribution in [0.3, 0.4) is 0 Å². The summed E-state index contributed by atoms with van der Waals surface area (Å²) >= 11 is 0. The van der Waals surface area contributed by atoms with Crippen molar-refractivity contribution in [1.82, 2.24) is 5.32 Å². The van der Waals surface area contributed by atoms with Crippen molar-refractivity contribution in [2.45, 2.75) is 32.7 Å². The molecule has 1 aromatic carbocycles. The second-order valence-corrected chi connectivity index (χ2v) is 3.85. The summed E-state index contributed by atoms with van der Waals surface area (Å²) in [6.45, 7) is 4.57. The maximum atomic E-state index is 8.42. The van der Waals surface area contributed by atoms with Gasteiger partial charge in [-0.15, -0.1) is 0 Å². The van der Waals surface area contributed by atoms with Crippen molar-refractivity contribution in [2.24, 2.45) is 0 Å². The molecule has 0 aliphatic carbocycles. The first-order chi connectivity index (χ1) is 8.38. The molecule has 1 N–H and O–H groups in total. The molecule has 0 amide bonds. The number of ether oxygens (including phenoxy) is 1. The van der Waals surface area contributed by atoms with Gasteiger partial charge in [0, 0.05) is 18.5 Å². The van der Waals surface area contributed by atoms with Gasteiger partial charge >= 0.3 is 0 Å². The zero-order valence-corrected chi connectivity index (χ0v) is 10.4. The summed E-state index contributed by atoms with van der Waals surface area (Å²) in [5.74, 6) is 0.949. The average Bonchev–Trinajstić information content (AvgIpc) is 2.37. The van der Waals surface area contributed by atoms with Crippen molar-refractivity contribution in [3.05, 3.63) is 29.8 Å². The molecular weight excluding hydrogens is 212 g/mol. The zero-order chi connectivity index (χ0) is 12.3. The van der Waals surface area contributed by atoms with Crippen LogP contribution in [0.25, 0.3) is 0 Å². The Hall–Kier alpha value is -1.53. The Labute approximate surface area is 103 Å². The van der Waals surface area contributed by atoms with Crippen LogP contribution in [0.15, 0.2) is 24.3 Å². The second-order valence-electron chi connectivity index (χ2n) is 3.85. The Bertz CT molecular complexity index is 357. The minimum absolute atomic E-state index is 0.613. The molecule has 0 bridgehead atoms. The molecule has 0 aliphatic rings. The molecule has 1 aromatic rings. The Kier molecular flexibility index (Phi) is 6.85. The van der Waals surface area contributed by atoms with Crippen LogP contribution in [0.1, 0.15) is 31.7 Å². The molecule has 0 saturated carbocycles. The predicted octanol–water partition coefficient (Wildman–Crippen LogP) is 2.87. The summed E-state index contributed by atoms with van der Waals surface area (Å²) in [5.41, 5.74) is 1.19. The smallest absolute Gasteiger partial charge is 0.123 e. The number of nitrogens with one attached hydrogen (secondary N) is 1. The third kappa shape index (κ3) is 5.37. The maximum Gasteiger partial charge on any atom is 0.123 e. The van der Waals surface area contributed by atoms with Crippen molar-refractivity contribution in [2.75, 3.05) is 13.2 Å². The summed E-state index contributed by atoms with van der Waals surface area (Å²) < 4.78 is 5.73. The quantitative estimate of drug-likeness (QED) is 0.701. The van der Waals surface area contributed by atoms with Crippen LogP contribution in [0, 0.1) is 11.3 Å². The zero-order valence-electron chi connectivity index (χ0n) is 10.4. The number of hydrogen-bond acceptors (Lipinski definition) is 3. The first-order valence-corrected chi connectivity index (χ1v) is 6.17. The highest BCUT2D eigenvalue weighted by molar-refractivity contribution is 5.33. The summed E-state index contributed by atoms with van der Waals surface area (Å²) in [4.78, 5) is 0. The lowest BCUT2D eigenvalue weighted by molar-refractivity contribution is 0.304. The molecule has 0 aliphatic heterocycles. The Balaban J connectivity index is 2.38. The standard InChI is InChI=1S/C14H20N2O/c1-2-16-12-13-8-4-5-9-14(13)17-11-7-3-6-10-15/h4-5,8-9,16H,2-3,6-7,11-12H2,1H3. The van der Waals surface area contributed by atoms with Crippen molar-refractivity contribution in [3.8, 4) is 11.8 Å². The molecule has 3 heteroatoms. The number of para-hydroxylation sites is 1. The summed E-state index contributed by atoms with van der Waals surface area (Å²) in [7, 11) is 0. The highest BCUT2D eigenvalue weighted by atomic mass is 16.5. The molecular formula is C14H20N2O. The Morgan fingerprint density at radius 2 is 2.12 bits per heavy atom. The van der Waals surface area contributed by atoms with E-state index in [2.05, 4.69) is 24.4 Å². The number of unbranched alkanes of at least 4 members (excludes halogenated alkanes) is 2. The fourth-order valence-electron chi connectivity index (χ4n) is 1.54. The molecule has 0 aromatic heterocycles. The van der Waals surface area contributed by atoms with Gasteiger partial charge in [-0.05, 0) is 25.5 Å². The Morgan fingerprint density at radius 1 is 1.29 bits per heavy atom. The molecule has 0 fully saturated rings. The fourth-order valence-corrected chi connectivity index (χ4v) is 1.54. The van der Waals surface area contributed by atoms with E-state index in [-0.39, 0.29) is 0 Å². The monoisotopic (exact) mass is 232 g/mol. The number of rotatable bonds is 8. The molecule has 0 radical (unpaired) electrons. The van der Waals surface area contributed by atoms with Gasteiger partial charge in [-0.3, -0.25) is 0 Å². The Morgan fingerprint density at radius 3 is 2.88 bits per heavy atom. The molecule has 0 saturated heterocycles. The molecule has 0 heterocycles. The minimum Gasteiger partial charge on any atom is -0.493 e. The van der Waals surface area contributed by atoms with Crippen LogP contribution < -0.4 is 10.1 Å². The van der Waals surface area contributed by atoms with Gasteiger partial charge in [-0.1, -0.05) is 25.1 Å². The van der Waals surface area contributed by atoms with Crippen LogP contribution in [0.5, 0.6) is 5.75 Å². The lowest BCUT2D eigenvalue weighted by Gasteiger charge is -2.11. The SMILES string of the molecule is CCNCc1ccccc1OCCCCC#N. The molecule has 92 valence electrons. The third-order valence-electron chi connectivity index (χ3n) is 2.48. The topological polar surface area (TPSA) is 45.0 Å². The van der Waals surface area contributed by atoms with Gasteiger partial charge in [0.05, 0.1) is 12.7 Å². The largest absolute Gasteiger partial charge is 0.493 e. The van der Waals surface area contributed by atoms with Crippen molar-refractivity contribution in [3.63, 3.8) is 0 Å². The third-order valence-corrected chi connectivity index (χ3v) is 2.48. The van der Waals surface area contributed by atoms with E-state index in [9.17, 15) is 0 Å². The van der Waals surface area contributed by atoms with Crippen LogP contribution in [-0.4, -0.2) is 13.2 Å². The van der Waals surface area contributed by atoms with Crippen LogP contribution in [0.4, 0.5) is 0 Å². The summed E-state index contributed by atoms with van der Waals surface area (Å²) in [6.07, 6.45) is 2.46. The van der Waals surface area contributed by atoms with Crippen LogP contribution in [-0.2, 0) is 6.54 Å². The maximum absolute atomic E-state index is 8.42. The first kappa shape index (κ1) is 13.5. The summed E-state index contributed by atoms with van der Waals surface area (Å²) in [6, 6.07) is 10.2. The molecule has 0 spiro atoms. The van der Waals surface area contributed by atoms with Gasteiger partial charge in [-0.25, -0.2) is 0 Å². The lowest BCUT2D eigenvalue weighted by atomic mass is 10.2. The van der Waals surface area contributed by atoms with E-state index >= 15 is 0 Å². The van der Waals surface area contributed by atoms with Crippen molar-refractivity contribution < 1.29 is 4.74 Å². The molecule has 0 unspecified atom stereocenters. The second kappa shape index (κ2) is 8.60. The number of nitrogens with zero attached hydrogens (tertiary/aromatic N) is 1. The van der Waals surface area contributed by atoms with Gasteiger partial charge in [0.15, 0.2) is 0 Å². The van der Waals surface area contributed by atoms with Crippen LogP contribution >= 0.6 is 0 Å². The fraction of sp³-hybridized carbons (Fsp3) is 0.500. The number of benzene rings is 1. The highest BCUT2D eigenvalue weighted by Crippen LogP contribution is 2.18.